The molecule has 0 saturated heterocycles. The van der Waals surface area contributed by atoms with Gasteiger partial charge < -0.3 is 4.74 Å². The normalized spacial score (nSPS) is 16.4. The third-order valence-corrected chi connectivity index (χ3v) is 1.90. The van der Waals surface area contributed by atoms with Crippen molar-refractivity contribution in [2.75, 3.05) is 7.11 Å². The first-order valence-corrected chi connectivity index (χ1v) is 3.42. The van der Waals surface area contributed by atoms with Gasteiger partial charge in [-0.1, -0.05) is 0 Å². The monoisotopic (exact) mass is 166 g/mol. The van der Waals surface area contributed by atoms with Crippen LogP contribution in [-0.4, -0.2) is 13.1 Å². The van der Waals surface area contributed by atoms with Crippen LogP contribution in [0.4, 0.5) is 0 Å². The summed E-state index contributed by atoms with van der Waals surface area (Å²) in [4.78, 5) is 11.1. The zero-order valence-corrected chi connectivity index (χ0v) is 7.29. The van der Waals surface area contributed by atoms with Gasteiger partial charge in [-0.3, -0.25) is 4.79 Å². The summed E-state index contributed by atoms with van der Waals surface area (Å²) in [7, 11) is 1.20. The lowest BCUT2D eigenvalue weighted by Gasteiger charge is -2.19. The Morgan fingerprint density at radius 1 is 1.58 bits per heavy atom. The van der Waals surface area contributed by atoms with E-state index in [0.717, 1.165) is 0 Å². The topological polar surface area (TPSA) is 73.9 Å². The molecule has 64 valence electrons. The maximum Gasteiger partial charge on any atom is 0.327 e. The largest absolute Gasteiger partial charge is 0.468 e. The van der Waals surface area contributed by atoms with Crippen LogP contribution in [0.3, 0.4) is 0 Å². The Morgan fingerprint density at radius 2 is 2.08 bits per heavy atom. The number of methoxy groups -OCH3 is 1. The first-order chi connectivity index (χ1) is 5.52. The average molecular weight is 166 g/mol. The van der Waals surface area contributed by atoms with Crippen molar-refractivity contribution in [3.63, 3.8) is 0 Å². The van der Waals surface area contributed by atoms with Gasteiger partial charge in [0.1, 0.15) is 0 Å². The van der Waals surface area contributed by atoms with E-state index in [1.54, 1.807) is 6.07 Å². The van der Waals surface area contributed by atoms with E-state index in [-0.39, 0.29) is 0 Å². The molecule has 0 heterocycles. The molecule has 0 amide bonds. The minimum absolute atomic E-state index is 0.668. The van der Waals surface area contributed by atoms with Crippen molar-refractivity contribution in [3.05, 3.63) is 0 Å². The molecule has 2 unspecified atom stereocenters. The van der Waals surface area contributed by atoms with Gasteiger partial charge in [0.2, 0.25) is 0 Å². The van der Waals surface area contributed by atoms with Gasteiger partial charge in [0.05, 0.1) is 25.2 Å². The molecule has 0 spiro atoms. The maximum absolute atomic E-state index is 11.1. The van der Waals surface area contributed by atoms with E-state index in [9.17, 15) is 4.79 Å². The van der Waals surface area contributed by atoms with Crippen LogP contribution in [0.5, 0.6) is 0 Å². The van der Waals surface area contributed by atoms with Crippen molar-refractivity contribution in [2.45, 2.75) is 13.8 Å². The van der Waals surface area contributed by atoms with Gasteiger partial charge in [-0.2, -0.15) is 10.5 Å². The number of nitrogens with zero attached hydrogens (tertiary/aromatic N) is 2. The summed E-state index contributed by atoms with van der Waals surface area (Å²) in [5.74, 6) is -1.34. The lowest BCUT2D eigenvalue weighted by Crippen LogP contribution is -2.33. The van der Waals surface area contributed by atoms with Gasteiger partial charge in [0.25, 0.3) is 0 Å². The molecule has 0 aromatic rings. The second kappa shape index (κ2) is 3.73. The fourth-order valence-corrected chi connectivity index (χ4v) is 0.660. The number of hydrogen-bond donors (Lipinski definition) is 0. The Morgan fingerprint density at radius 3 is 2.33 bits per heavy atom. The summed E-state index contributed by atoms with van der Waals surface area (Å²) in [5.41, 5.74) is -1.36. The quantitative estimate of drug-likeness (QED) is 0.570. The van der Waals surface area contributed by atoms with Crippen LogP contribution in [0, 0.1) is 34.0 Å². The van der Waals surface area contributed by atoms with Crippen LogP contribution in [0.15, 0.2) is 0 Å². The fraction of sp³-hybridized carbons (Fsp3) is 0.625. The molecule has 12 heavy (non-hydrogen) atoms. The van der Waals surface area contributed by atoms with Crippen molar-refractivity contribution in [2.24, 2.45) is 11.3 Å². The minimum atomic E-state index is -1.36. The van der Waals surface area contributed by atoms with E-state index in [2.05, 4.69) is 4.74 Å². The molecule has 0 aliphatic rings. The molecule has 0 N–H and O–H groups in total. The van der Waals surface area contributed by atoms with E-state index < -0.39 is 17.3 Å². The summed E-state index contributed by atoms with van der Waals surface area (Å²) in [6.45, 7) is 2.91. The van der Waals surface area contributed by atoms with Gasteiger partial charge in [-0.25, -0.2) is 0 Å². The molecular weight excluding hydrogens is 156 g/mol. The Labute approximate surface area is 71.4 Å². The molecule has 4 heteroatoms. The van der Waals surface area contributed by atoms with Gasteiger partial charge in [0, 0.05) is 0 Å². The standard InChI is InChI=1S/C8H10N2O2/c1-6(4-9)8(2,5-10)7(11)12-3/h6H,1-3H3. The molecule has 0 saturated carbocycles. The molecular formula is C8H10N2O2. The first-order valence-electron chi connectivity index (χ1n) is 3.42. The first kappa shape index (κ1) is 10.4. The maximum atomic E-state index is 11.1. The van der Waals surface area contributed by atoms with Crippen LogP contribution >= 0.6 is 0 Å². The molecule has 0 aliphatic carbocycles. The third kappa shape index (κ3) is 1.54. The Bertz CT molecular complexity index is 261. The van der Waals surface area contributed by atoms with E-state index in [0.29, 0.717) is 0 Å². The number of nitriles is 2. The van der Waals surface area contributed by atoms with Crippen LogP contribution in [0.25, 0.3) is 0 Å². The van der Waals surface area contributed by atoms with Crippen LogP contribution in [-0.2, 0) is 9.53 Å². The lowest BCUT2D eigenvalue weighted by atomic mass is 9.80. The van der Waals surface area contributed by atoms with Crippen LogP contribution in [0.2, 0.25) is 0 Å². The number of rotatable bonds is 2. The highest BCUT2D eigenvalue weighted by atomic mass is 16.5. The second-order valence-corrected chi connectivity index (χ2v) is 2.66. The van der Waals surface area contributed by atoms with Crippen LogP contribution in [0.1, 0.15) is 13.8 Å². The summed E-state index contributed by atoms with van der Waals surface area (Å²) in [6.07, 6.45) is 0. The molecule has 0 aromatic carbocycles. The van der Waals surface area contributed by atoms with Crippen molar-refractivity contribution in [1.82, 2.24) is 0 Å². The van der Waals surface area contributed by atoms with Crippen molar-refractivity contribution >= 4 is 5.97 Å². The predicted octanol–water partition coefficient (Wildman–Crippen LogP) is 0.849. The lowest BCUT2D eigenvalue weighted by molar-refractivity contribution is -0.149. The molecule has 0 aliphatic heterocycles. The number of carbonyl (C=O) groups excluding carboxylic acids is 1. The molecule has 0 radical (unpaired) electrons. The Hall–Kier alpha value is -1.55. The van der Waals surface area contributed by atoms with Gasteiger partial charge in [-0.05, 0) is 13.8 Å². The predicted molar refractivity (Wildman–Crippen MR) is 40.5 cm³/mol. The van der Waals surface area contributed by atoms with E-state index in [1.807, 2.05) is 6.07 Å². The molecule has 4 nitrogen and oxygen atoms in total. The Balaban J connectivity index is 4.86. The highest BCUT2D eigenvalue weighted by Gasteiger charge is 2.40. The number of ether oxygens (including phenoxy) is 1. The van der Waals surface area contributed by atoms with E-state index in [1.165, 1.54) is 21.0 Å². The van der Waals surface area contributed by atoms with Crippen molar-refractivity contribution in [3.8, 4) is 12.1 Å². The van der Waals surface area contributed by atoms with Crippen LogP contribution < -0.4 is 0 Å². The van der Waals surface area contributed by atoms with Gasteiger partial charge >= 0.3 is 5.97 Å². The molecule has 0 fully saturated rings. The second-order valence-electron chi connectivity index (χ2n) is 2.66. The van der Waals surface area contributed by atoms with E-state index >= 15 is 0 Å². The SMILES string of the molecule is COC(=O)C(C)(C#N)C(C)C#N. The number of esters is 1. The fourth-order valence-electron chi connectivity index (χ4n) is 0.660. The minimum Gasteiger partial charge on any atom is -0.468 e. The number of hydrogen-bond acceptors (Lipinski definition) is 4. The third-order valence-electron chi connectivity index (χ3n) is 1.90. The molecule has 0 aromatic heterocycles. The summed E-state index contributed by atoms with van der Waals surface area (Å²) in [6, 6.07) is 3.63. The Kier molecular flexibility index (Phi) is 3.25. The molecule has 2 atom stereocenters. The summed E-state index contributed by atoms with van der Waals surface area (Å²) < 4.78 is 4.42. The zero-order chi connectivity index (χ0) is 9.78. The molecule has 0 rings (SSSR count). The zero-order valence-electron chi connectivity index (χ0n) is 7.29. The summed E-state index contributed by atoms with van der Waals surface area (Å²) in [5, 5.41) is 17.2. The van der Waals surface area contributed by atoms with Gasteiger partial charge in [0.15, 0.2) is 5.41 Å². The van der Waals surface area contributed by atoms with Crippen molar-refractivity contribution in [1.29, 1.82) is 10.5 Å². The van der Waals surface area contributed by atoms with Crippen molar-refractivity contribution < 1.29 is 9.53 Å². The highest BCUT2D eigenvalue weighted by molar-refractivity contribution is 5.80. The van der Waals surface area contributed by atoms with E-state index in [4.69, 9.17) is 10.5 Å². The highest BCUT2D eigenvalue weighted by Crippen LogP contribution is 2.27. The molecule has 0 bridgehead atoms. The number of carbonyl (C=O) groups is 1. The van der Waals surface area contributed by atoms with Gasteiger partial charge in [-0.15, -0.1) is 0 Å². The summed E-state index contributed by atoms with van der Waals surface area (Å²) >= 11 is 0. The smallest absolute Gasteiger partial charge is 0.327 e. The average Bonchev–Trinajstić information content (AvgIpc) is 2.13.